The summed E-state index contributed by atoms with van der Waals surface area (Å²) in [6, 6.07) is 5.86. The van der Waals surface area contributed by atoms with Gasteiger partial charge >= 0.3 is 5.97 Å². The Kier molecular flexibility index (Phi) is 23.0. The summed E-state index contributed by atoms with van der Waals surface area (Å²) in [7, 11) is 1.36. The number of benzene rings is 1. The standard InChI is InChI=1S/C22H36N2O3.C5H10.C2H6.H2S2/c1-15(2)13-24(14-16(3)4)20-11-10-18(12-19(20)23-17(5)6)27-22(7,8)21(25)26-9;1-4-5(2)3;2*1-2/h10-12,15-16,23H,5,13-14H2,1-4,6-9H3;4H,1-3H3;1-2H3;1-2H. The smallest absolute Gasteiger partial charge is 0.349 e. The van der Waals surface area contributed by atoms with Crippen molar-refractivity contribution in [2.75, 3.05) is 30.4 Å². The molecule has 1 rings (SSSR count). The second kappa shape index (κ2) is 21.4. The van der Waals surface area contributed by atoms with Gasteiger partial charge in [-0.05, 0) is 65.5 Å². The first kappa shape index (κ1) is 38.8. The van der Waals surface area contributed by atoms with Gasteiger partial charge in [0.15, 0.2) is 5.60 Å². The third-order valence-electron chi connectivity index (χ3n) is 4.46. The summed E-state index contributed by atoms with van der Waals surface area (Å²) in [5, 5.41) is 3.34. The lowest BCUT2D eigenvalue weighted by molar-refractivity contribution is -0.156. The number of hydrogen-bond acceptors (Lipinski definition) is 7. The number of hydrogen-bond donors (Lipinski definition) is 3. The predicted molar refractivity (Wildman–Crippen MR) is 168 cm³/mol. The highest BCUT2D eigenvalue weighted by Gasteiger charge is 2.31. The molecule has 0 amide bonds. The van der Waals surface area contributed by atoms with E-state index in [1.54, 1.807) is 13.8 Å². The molecule has 7 heteroatoms. The number of allylic oxidation sites excluding steroid dienone is 3. The van der Waals surface area contributed by atoms with Crippen molar-refractivity contribution in [3.8, 4) is 5.75 Å². The van der Waals surface area contributed by atoms with Crippen LogP contribution in [0.15, 0.2) is 42.1 Å². The van der Waals surface area contributed by atoms with Crippen LogP contribution in [0.1, 0.15) is 83.1 Å². The average Bonchev–Trinajstić information content (AvgIpc) is 2.80. The van der Waals surface area contributed by atoms with E-state index in [4.69, 9.17) is 9.47 Å². The Morgan fingerprint density at radius 2 is 1.53 bits per heavy atom. The van der Waals surface area contributed by atoms with Crippen molar-refractivity contribution >= 4 is 40.7 Å². The number of anilines is 2. The van der Waals surface area contributed by atoms with E-state index in [2.05, 4.69) is 87.7 Å². The van der Waals surface area contributed by atoms with Crippen LogP contribution in [-0.2, 0) is 9.53 Å². The van der Waals surface area contributed by atoms with E-state index in [0.717, 1.165) is 30.2 Å². The number of ether oxygens (including phenoxy) is 2. The summed E-state index contributed by atoms with van der Waals surface area (Å²) < 4.78 is 10.7. The molecule has 0 spiro atoms. The lowest BCUT2D eigenvalue weighted by Crippen LogP contribution is -2.39. The number of thiol groups is 2. The summed E-state index contributed by atoms with van der Waals surface area (Å²) in [4.78, 5) is 14.3. The normalized spacial score (nSPS) is 9.92. The molecule has 0 aliphatic carbocycles. The van der Waals surface area contributed by atoms with E-state index in [1.165, 1.54) is 12.7 Å². The number of nitrogens with zero attached hydrogens (tertiary/aromatic N) is 1. The molecule has 5 nitrogen and oxygen atoms in total. The Labute approximate surface area is 233 Å². The monoisotopic (exact) mass is 542 g/mol. The molecule has 0 atom stereocenters. The first-order valence-corrected chi connectivity index (χ1v) is 14.2. The number of carbonyl (C=O) groups is 1. The van der Waals surface area contributed by atoms with Gasteiger partial charge in [-0.3, -0.25) is 0 Å². The average molecular weight is 543 g/mol. The maximum Gasteiger partial charge on any atom is 0.349 e. The minimum Gasteiger partial charge on any atom is -0.476 e. The molecule has 0 aromatic heterocycles. The van der Waals surface area contributed by atoms with Crippen molar-refractivity contribution in [1.29, 1.82) is 0 Å². The molecular weight excluding hydrogens is 488 g/mol. The molecule has 36 heavy (non-hydrogen) atoms. The topological polar surface area (TPSA) is 50.8 Å². The third-order valence-corrected chi connectivity index (χ3v) is 4.46. The van der Waals surface area contributed by atoms with Crippen molar-refractivity contribution in [3.63, 3.8) is 0 Å². The van der Waals surface area contributed by atoms with E-state index in [9.17, 15) is 4.79 Å². The van der Waals surface area contributed by atoms with Crippen LogP contribution in [0.3, 0.4) is 0 Å². The molecule has 210 valence electrons. The molecule has 0 heterocycles. The fourth-order valence-corrected chi connectivity index (χ4v) is 2.92. The number of esters is 1. The maximum absolute atomic E-state index is 11.9. The SMILES string of the molecule is C=C(C)Nc1cc(OC(C)(C)C(=O)OC)ccc1N(CC(C)C)CC(C)C.CC.CC=C(C)C.SS. The molecule has 0 saturated heterocycles. The van der Waals surface area contributed by atoms with Crippen LogP contribution >= 0.6 is 23.3 Å². The molecule has 0 bridgehead atoms. The Morgan fingerprint density at radius 3 is 1.86 bits per heavy atom. The summed E-state index contributed by atoms with van der Waals surface area (Å²) in [6.07, 6.45) is 2.08. The van der Waals surface area contributed by atoms with Crippen LogP contribution < -0.4 is 15.0 Å². The second-order valence-electron chi connectivity index (χ2n) is 9.75. The van der Waals surface area contributed by atoms with E-state index < -0.39 is 11.6 Å². The van der Waals surface area contributed by atoms with Gasteiger partial charge in [-0.1, -0.05) is 59.8 Å². The Hall–Kier alpha value is -1.73. The van der Waals surface area contributed by atoms with Crippen LogP contribution in [0.4, 0.5) is 11.4 Å². The highest BCUT2D eigenvalue weighted by atomic mass is 33.1. The molecule has 0 aliphatic rings. The molecule has 1 aromatic rings. The lowest BCUT2D eigenvalue weighted by Gasteiger charge is -2.31. The fourth-order valence-electron chi connectivity index (χ4n) is 2.92. The van der Waals surface area contributed by atoms with E-state index in [1.807, 2.05) is 45.9 Å². The van der Waals surface area contributed by atoms with Crippen molar-refractivity contribution in [2.24, 2.45) is 11.8 Å². The molecule has 0 aliphatic heterocycles. The summed E-state index contributed by atoms with van der Waals surface area (Å²) in [6.45, 7) is 30.3. The first-order valence-electron chi connectivity index (χ1n) is 12.6. The Bertz CT molecular complexity index is 762. The largest absolute Gasteiger partial charge is 0.476 e. The number of carbonyl (C=O) groups excluding carboxylic acids is 1. The highest BCUT2D eigenvalue weighted by molar-refractivity contribution is 8.59. The zero-order valence-corrected chi connectivity index (χ0v) is 26.9. The Morgan fingerprint density at radius 1 is 1.08 bits per heavy atom. The van der Waals surface area contributed by atoms with Crippen LogP contribution in [0.25, 0.3) is 0 Å². The molecule has 0 unspecified atom stereocenters. The van der Waals surface area contributed by atoms with Gasteiger partial charge in [-0.25, -0.2) is 4.79 Å². The quantitative estimate of drug-likeness (QED) is 0.119. The van der Waals surface area contributed by atoms with Crippen LogP contribution in [0.5, 0.6) is 5.75 Å². The fraction of sp³-hybridized carbons (Fsp3) is 0.621. The van der Waals surface area contributed by atoms with Gasteiger partial charge in [0.25, 0.3) is 0 Å². The highest BCUT2D eigenvalue weighted by Crippen LogP contribution is 2.33. The van der Waals surface area contributed by atoms with E-state index in [0.29, 0.717) is 17.6 Å². The zero-order chi connectivity index (χ0) is 29.1. The van der Waals surface area contributed by atoms with Crippen molar-refractivity contribution in [2.45, 2.75) is 88.7 Å². The molecule has 0 saturated carbocycles. The summed E-state index contributed by atoms with van der Waals surface area (Å²) >= 11 is 6.44. The number of methoxy groups -OCH3 is 1. The van der Waals surface area contributed by atoms with Gasteiger partial charge in [-0.15, -0.1) is 23.3 Å². The maximum atomic E-state index is 11.9. The molecule has 1 aromatic carbocycles. The molecule has 1 N–H and O–H groups in total. The minimum atomic E-state index is -1.06. The van der Waals surface area contributed by atoms with Gasteiger partial charge < -0.3 is 19.7 Å². The predicted octanol–water partition coefficient (Wildman–Crippen LogP) is 8.84. The summed E-state index contributed by atoms with van der Waals surface area (Å²) in [5.74, 6) is 1.26. The number of nitrogens with one attached hydrogen (secondary N) is 1. The molecule has 0 fully saturated rings. The summed E-state index contributed by atoms with van der Waals surface area (Å²) in [5.41, 5.74) is 3.18. The first-order chi connectivity index (χ1) is 16.7. The van der Waals surface area contributed by atoms with Crippen LogP contribution in [0.2, 0.25) is 0 Å². The minimum absolute atomic E-state index is 0.415. The molecular formula is C29H54N2O3S2. The third kappa shape index (κ3) is 17.7. The number of rotatable bonds is 10. The van der Waals surface area contributed by atoms with Crippen molar-refractivity contribution < 1.29 is 14.3 Å². The van der Waals surface area contributed by atoms with Gasteiger partial charge in [0.05, 0.1) is 18.5 Å². The second-order valence-corrected chi connectivity index (χ2v) is 9.75. The van der Waals surface area contributed by atoms with Gasteiger partial charge in [0.2, 0.25) is 0 Å². The van der Waals surface area contributed by atoms with Crippen LogP contribution in [0, 0.1) is 11.8 Å². The van der Waals surface area contributed by atoms with Gasteiger partial charge in [-0.2, -0.15) is 0 Å². The lowest BCUT2D eigenvalue weighted by atomic mass is 10.1. The van der Waals surface area contributed by atoms with Crippen molar-refractivity contribution in [3.05, 3.63) is 42.1 Å². The molecule has 0 radical (unpaired) electrons. The van der Waals surface area contributed by atoms with E-state index in [-0.39, 0.29) is 0 Å². The van der Waals surface area contributed by atoms with Gasteiger partial charge in [0, 0.05) is 24.9 Å². The van der Waals surface area contributed by atoms with Gasteiger partial charge in [0.1, 0.15) is 5.75 Å². The van der Waals surface area contributed by atoms with Crippen LogP contribution in [-0.4, -0.2) is 31.8 Å². The van der Waals surface area contributed by atoms with Crippen molar-refractivity contribution in [1.82, 2.24) is 0 Å². The zero-order valence-electron chi connectivity index (χ0n) is 25.2. The van der Waals surface area contributed by atoms with E-state index >= 15 is 0 Å². The Balaban J connectivity index is -0.00000105.